The molecule has 3 aliphatic heterocycles. The molecular formula is C45H53F6N7. The number of benzene rings is 4. The second kappa shape index (κ2) is 17.6. The topological polar surface area (TPSA) is 75.2 Å². The zero-order valence-electron chi connectivity index (χ0n) is 33.0. The molecule has 2 saturated heterocycles. The Morgan fingerprint density at radius 3 is 2.21 bits per heavy atom. The van der Waals surface area contributed by atoms with Crippen molar-refractivity contribution in [3.63, 3.8) is 0 Å². The quantitative estimate of drug-likeness (QED) is 0.118. The van der Waals surface area contributed by atoms with Crippen LogP contribution in [0.15, 0.2) is 96.0 Å². The number of nitrogens with zero attached hydrogens (tertiary/aromatic N) is 5. The molecule has 4 atom stereocenters. The third-order valence-corrected chi connectivity index (χ3v) is 12.2. The van der Waals surface area contributed by atoms with Crippen molar-refractivity contribution < 1.29 is 26.3 Å². The molecule has 0 aliphatic carbocycles. The zero-order valence-corrected chi connectivity index (χ0v) is 33.0. The van der Waals surface area contributed by atoms with Gasteiger partial charge in [-0.2, -0.15) is 26.3 Å². The molecule has 13 heteroatoms. The smallest absolute Gasteiger partial charge is 0.370 e. The summed E-state index contributed by atoms with van der Waals surface area (Å²) in [6.07, 6.45) is -3.79. The Balaban J connectivity index is 1.14. The van der Waals surface area contributed by atoms with Crippen LogP contribution in [0.2, 0.25) is 0 Å². The highest BCUT2D eigenvalue weighted by molar-refractivity contribution is 5.83. The van der Waals surface area contributed by atoms with Crippen LogP contribution in [0, 0.1) is 5.41 Å². The first-order chi connectivity index (χ1) is 27.8. The normalized spacial score (nSPS) is 21.1. The molecule has 0 radical (unpaired) electrons. The molecule has 3 aliphatic rings. The summed E-state index contributed by atoms with van der Waals surface area (Å²) < 4.78 is 82.5. The van der Waals surface area contributed by atoms with Crippen LogP contribution in [0.25, 0.3) is 10.8 Å². The number of unbranched alkanes of at least 4 members (excludes halogenated alkanes) is 1. The summed E-state index contributed by atoms with van der Waals surface area (Å²) in [7, 11) is 0. The summed E-state index contributed by atoms with van der Waals surface area (Å²) in [5.41, 5.74) is 6.21. The summed E-state index contributed by atoms with van der Waals surface area (Å²) in [6.45, 7) is 5.75. The lowest BCUT2D eigenvalue weighted by Gasteiger charge is -2.37. The Morgan fingerprint density at radius 2 is 1.50 bits per heavy atom. The van der Waals surface area contributed by atoms with Gasteiger partial charge in [0.05, 0.1) is 23.7 Å². The van der Waals surface area contributed by atoms with E-state index in [1.165, 1.54) is 5.56 Å². The van der Waals surface area contributed by atoms with E-state index in [9.17, 15) is 31.8 Å². The van der Waals surface area contributed by atoms with Gasteiger partial charge in [-0.05, 0) is 90.7 Å². The van der Waals surface area contributed by atoms with Crippen LogP contribution in [0.5, 0.6) is 0 Å². The Bertz CT molecular complexity index is 2020. The lowest BCUT2D eigenvalue weighted by Crippen LogP contribution is -2.52. The number of hydrogen-bond donors (Lipinski definition) is 2. The molecule has 1 unspecified atom stereocenters. The first-order valence-corrected chi connectivity index (χ1v) is 20.5. The van der Waals surface area contributed by atoms with Crippen LogP contribution in [0.4, 0.5) is 26.3 Å². The highest BCUT2D eigenvalue weighted by Gasteiger charge is 2.41. The standard InChI is InChI=1S/C45H53F6N7/c1-2-3-14-39-30-58(43(53)56(39)20-18-33-22-36(44(46,47)48)26-37(23-33)45(49,50)51)41(25-32-16-17-34-12-7-8-13-35(34)21-32)28-55-19-9-15-38(55)29-57-40(27-54-42(57)52)24-31-10-5-4-6-11-31/h4-8,10-13,16-17,21-23,26,38-41,53H,2-3,9,14-15,18-20,24-25,27-30H2,1H3,(H2,52,54)/t38?,39-,40+,41-/m1/s1. The van der Waals surface area contributed by atoms with Crippen LogP contribution >= 0.6 is 0 Å². The summed E-state index contributed by atoms with van der Waals surface area (Å²) in [5, 5.41) is 11.9. The summed E-state index contributed by atoms with van der Waals surface area (Å²) in [4.78, 5) is 13.5. The molecule has 4 aromatic carbocycles. The van der Waals surface area contributed by atoms with E-state index in [0.29, 0.717) is 32.0 Å². The molecule has 0 aromatic heterocycles. The summed E-state index contributed by atoms with van der Waals surface area (Å²) >= 11 is 0. The predicted molar refractivity (Wildman–Crippen MR) is 218 cm³/mol. The van der Waals surface area contributed by atoms with Crippen LogP contribution in [0.1, 0.15) is 66.8 Å². The number of nitrogens with one attached hydrogen (secondary N) is 1. The van der Waals surface area contributed by atoms with Crippen molar-refractivity contribution in [2.45, 2.75) is 94.8 Å². The fraction of sp³-hybridized carbons (Fsp3) is 0.467. The first-order valence-electron chi connectivity index (χ1n) is 20.5. The third-order valence-electron chi connectivity index (χ3n) is 12.2. The molecule has 7 rings (SSSR count). The van der Waals surface area contributed by atoms with Gasteiger partial charge in [-0.15, -0.1) is 0 Å². The number of hydrogen-bond acceptors (Lipinski definition) is 5. The maximum absolute atomic E-state index is 13.7. The predicted octanol–water partition coefficient (Wildman–Crippen LogP) is 8.85. The van der Waals surface area contributed by atoms with Gasteiger partial charge >= 0.3 is 12.4 Å². The molecule has 0 amide bonds. The van der Waals surface area contributed by atoms with Crippen molar-refractivity contribution in [1.82, 2.24) is 19.6 Å². The second-order valence-electron chi connectivity index (χ2n) is 16.2. The third kappa shape index (κ3) is 9.73. The van der Waals surface area contributed by atoms with E-state index >= 15 is 0 Å². The molecule has 0 spiro atoms. The minimum atomic E-state index is -4.92. The Kier molecular flexibility index (Phi) is 12.6. The van der Waals surface area contributed by atoms with Gasteiger partial charge in [-0.1, -0.05) is 92.6 Å². The first kappa shape index (κ1) is 41.4. The largest absolute Gasteiger partial charge is 0.416 e. The minimum Gasteiger partial charge on any atom is -0.370 e. The number of nitrogens with two attached hydrogens (primary N) is 1. The molecule has 58 heavy (non-hydrogen) atoms. The fourth-order valence-electron chi connectivity index (χ4n) is 9.09. The number of alkyl halides is 6. The maximum Gasteiger partial charge on any atom is 0.416 e. The van der Waals surface area contributed by atoms with Crippen molar-refractivity contribution in [2.75, 3.05) is 39.3 Å². The highest BCUT2D eigenvalue weighted by atomic mass is 19.4. The molecule has 3 N–H and O–H groups in total. The molecular weight excluding hydrogens is 753 g/mol. The van der Waals surface area contributed by atoms with Gasteiger partial charge in [0.2, 0.25) is 0 Å². The molecule has 0 saturated carbocycles. The van der Waals surface area contributed by atoms with Crippen molar-refractivity contribution in [3.8, 4) is 0 Å². The molecule has 2 fully saturated rings. The van der Waals surface area contributed by atoms with E-state index in [4.69, 9.17) is 5.73 Å². The minimum absolute atomic E-state index is 0.0504. The van der Waals surface area contributed by atoms with Gasteiger partial charge in [0.1, 0.15) is 0 Å². The maximum atomic E-state index is 13.7. The van der Waals surface area contributed by atoms with E-state index in [-0.39, 0.29) is 54.7 Å². The number of likely N-dealkylation sites (tertiary alicyclic amines) is 1. The highest BCUT2D eigenvalue weighted by Crippen LogP contribution is 2.37. The average molecular weight is 806 g/mol. The Labute approximate surface area is 337 Å². The monoisotopic (exact) mass is 805 g/mol. The second-order valence-corrected chi connectivity index (χ2v) is 16.2. The van der Waals surface area contributed by atoms with E-state index in [0.717, 1.165) is 80.1 Å². The number of guanidine groups is 2. The SMILES string of the molecule is CCCC[C@@H]1CN([C@H](Cc2ccc3ccccc3c2)CN2CCCC2CN2C(N)=NC[C@@H]2Cc2ccccc2)C(=N)N1CCc1cc(C(F)(F)F)cc(C(F)(F)F)c1. The van der Waals surface area contributed by atoms with Gasteiger partial charge < -0.3 is 20.4 Å². The van der Waals surface area contributed by atoms with Gasteiger partial charge in [0.15, 0.2) is 11.9 Å². The lowest BCUT2D eigenvalue weighted by atomic mass is 9.99. The van der Waals surface area contributed by atoms with Crippen LogP contribution in [0.3, 0.4) is 0 Å². The number of fused-ring (bicyclic) bond motifs is 1. The van der Waals surface area contributed by atoms with Crippen molar-refractivity contribution >= 4 is 22.7 Å². The van der Waals surface area contributed by atoms with Crippen molar-refractivity contribution in [1.29, 1.82) is 5.41 Å². The molecule has 0 bridgehead atoms. The lowest BCUT2D eigenvalue weighted by molar-refractivity contribution is -0.143. The fourth-order valence-corrected chi connectivity index (χ4v) is 9.09. The van der Waals surface area contributed by atoms with E-state index in [1.807, 2.05) is 35.2 Å². The number of halogens is 6. The molecule has 310 valence electrons. The Hall–Kier alpha value is -4.78. The van der Waals surface area contributed by atoms with Gasteiger partial charge in [-0.25, -0.2) is 0 Å². The number of aliphatic imine (C=N–C) groups is 1. The molecule has 7 nitrogen and oxygen atoms in total. The van der Waals surface area contributed by atoms with Crippen molar-refractivity contribution in [2.24, 2.45) is 10.7 Å². The number of rotatable bonds is 15. The average Bonchev–Trinajstić information content (AvgIpc) is 3.88. The van der Waals surface area contributed by atoms with Gasteiger partial charge in [0, 0.05) is 44.3 Å². The van der Waals surface area contributed by atoms with E-state index < -0.39 is 23.5 Å². The Morgan fingerprint density at radius 1 is 0.793 bits per heavy atom. The van der Waals surface area contributed by atoms with Gasteiger partial charge in [0.25, 0.3) is 0 Å². The van der Waals surface area contributed by atoms with Gasteiger partial charge in [-0.3, -0.25) is 15.3 Å². The van der Waals surface area contributed by atoms with Crippen LogP contribution < -0.4 is 5.73 Å². The van der Waals surface area contributed by atoms with Crippen LogP contribution in [-0.2, 0) is 31.6 Å². The molecule has 4 aromatic rings. The molecule has 3 heterocycles. The summed E-state index contributed by atoms with van der Waals surface area (Å²) in [6, 6.07) is 27.0. The zero-order chi connectivity index (χ0) is 41.0. The summed E-state index contributed by atoms with van der Waals surface area (Å²) in [5.74, 6) is 0.837. The van der Waals surface area contributed by atoms with E-state index in [1.54, 1.807) is 0 Å². The van der Waals surface area contributed by atoms with E-state index in [2.05, 4.69) is 69.1 Å². The van der Waals surface area contributed by atoms with Crippen LogP contribution in [-0.4, -0.2) is 95.0 Å². The van der Waals surface area contributed by atoms with Crippen molar-refractivity contribution in [3.05, 3.63) is 119 Å².